The Kier molecular flexibility index (Phi) is 7.94. The first-order valence-corrected chi connectivity index (χ1v) is 13.1. The van der Waals surface area contributed by atoms with Crippen LogP contribution in [-0.4, -0.2) is 12.3 Å². The predicted octanol–water partition coefficient (Wildman–Crippen LogP) is 8.28. The number of hydrogen-bond donors (Lipinski definition) is 0. The van der Waals surface area contributed by atoms with Gasteiger partial charge in [-0.3, -0.25) is 0 Å². The summed E-state index contributed by atoms with van der Waals surface area (Å²) in [7, 11) is 0.819. The number of hydrogen-bond acceptors (Lipinski definition) is 2. The minimum atomic E-state index is 0.410. The van der Waals surface area contributed by atoms with Crippen molar-refractivity contribution in [2.75, 3.05) is 12.3 Å². The summed E-state index contributed by atoms with van der Waals surface area (Å²) in [5.41, 5.74) is 7.09. The van der Waals surface area contributed by atoms with Crippen LogP contribution < -0.4 is 9.05 Å². The highest BCUT2D eigenvalue weighted by molar-refractivity contribution is 7.37. The van der Waals surface area contributed by atoms with Crippen LogP contribution in [0.15, 0.2) is 97.1 Å². The standard InChI is InChI=1S/C28H28O2P2/c1-21-13-15-25(23-9-5-3-6-10-23)27(19-21)29-31-17-18-32-30-28-20-22(2)14-16-26(28)24-11-7-4-8-12-24/h3-16,19-20,31-32H,17-18H2,1-2H3. The van der Waals surface area contributed by atoms with Gasteiger partial charge in [0.2, 0.25) is 0 Å². The molecule has 0 radical (unpaired) electrons. The van der Waals surface area contributed by atoms with E-state index in [4.69, 9.17) is 9.05 Å². The lowest BCUT2D eigenvalue weighted by Gasteiger charge is -2.14. The third kappa shape index (κ3) is 5.98. The zero-order valence-corrected chi connectivity index (χ0v) is 20.5. The molecule has 0 aromatic heterocycles. The largest absolute Gasteiger partial charge is 0.477 e. The molecule has 4 heteroatoms. The molecule has 0 saturated carbocycles. The van der Waals surface area contributed by atoms with Crippen molar-refractivity contribution in [1.82, 2.24) is 0 Å². The van der Waals surface area contributed by atoms with Crippen LogP contribution in [0.25, 0.3) is 22.3 Å². The summed E-state index contributed by atoms with van der Waals surface area (Å²) < 4.78 is 12.4. The van der Waals surface area contributed by atoms with Crippen LogP contribution in [0.2, 0.25) is 0 Å². The molecule has 0 aliphatic carbocycles. The van der Waals surface area contributed by atoms with Crippen LogP contribution in [-0.2, 0) is 0 Å². The lowest BCUT2D eigenvalue weighted by molar-refractivity contribution is 0.626. The van der Waals surface area contributed by atoms with Gasteiger partial charge < -0.3 is 9.05 Å². The van der Waals surface area contributed by atoms with Gasteiger partial charge >= 0.3 is 0 Å². The second kappa shape index (κ2) is 11.3. The van der Waals surface area contributed by atoms with Crippen LogP contribution in [0.5, 0.6) is 11.5 Å². The highest BCUT2D eigenvalue weighted by atomic mass is 31.1. The van der Waals surface area contributed by atoms with E-state index in [0.29, 0.717) is 17.6 Å². The Hall–Kier alpha value is -2.66. The van der Waals surface area contributed by atoms with E-state index < -0.39 is 0 Å². The fraction of sp³-hybridized carbons (Fsp3) is 0.143. The van der Waals surface area contributed by atoms with Crippen molar-refractivity contribution in [3.63, 3.8) is 0 Å². The molecule has 0 aliphatic rings. The summed E-state index contributed by atoms with van der Waals surface area (Å²) in [6.07, 6.45) is 1.96. The van der Waals surface area contributed by atoms with E-state index in [1.807, 2.05) is 12.1 Å². The Balaban J connectivity index is 1.32. The average molecular weight is 458 g/mol. The van der Waals surface area contributed by atoms with Gasteiger partial charge in [-0.05, 0) is 48.2 Å². The second-order valence-corrected chi connectivity index (χ2v) is 9.71. The summed E-state index contributed by atoms with van der Waals surface area (Å²) in [4.78, 5) is 0. The van der Waals surface area contributed by atoms with E-state index in [0.717, 1.165) is 34.9 Å². The summed E-state index contributed by atoms with van der Waals surface area (Å²) in [6.45, 7) is 4.21. The highest BCUT2D eigenvalue weighted by Gasteiger charge is 2.08. The number of rotatable bonds is 9. The minimum Gasteiger partial charge on any atom is -0.477 e. The van der Waals surface area contributed by atoms with Gasteiger partial charge in [0.05, 0.1) is 17.6 Å². The van der Waals surface area contributed by atoms with Crippen molar-refractivity contribution in [2.45, 2.75) is 13.8 Å². The van der Waals surface area contributed by atoms with Crippen LogP contribution in [0.1, 0.15) is 11.1 Å². The van der Waals surface area contributed by atoms with Gasteiger partial charge in [0, 0.05) is 23.5 Å². The van der Waals surface area contributed by atoms with Gasteiger partial charge in [0.1, 0.15) is 11.5 Å². The molecular weight excluding hydrogens is 430 g/mol. The maximum atomic E-state index is 6.21. The van der Waals surface area contributed by atoms with E-state index in [-0.39, 0.29) is 0 Å². The monoisotopic (exact) mass is 458 g/mol. The first-order valence-electron chi connectivity index (χ1n) is 10.8. The van der Waals surface area contributed by atoms with Gasteiger partial charge in [-0.25, -0.2) is 0 Å². The molecule has 2 atom stereocenters. The van der Waals surface area contributed by atoms with Crippen molar-refractivity contribution in [1.29, 1.82) is 0 Å². The Labute approximate surface area is 194 Å². The molecule has 0 fully saturated rings. The molecule has 2 nitrogen and oxygen atoms in total. The van der Waals surface area contributed by atoms with Crippen LogP contribution >= 0.6 is 17.6 Å². The van der Waals surface area contributed by atoms with Crippen molar-refractivity contribution >= 4 is 17.6 Å². The predicted molar refractivity (Wildman–Crippen MR) is 141 cm³/mol. The molecule has 0 bridgehead atoms. The molecule has 4 aromatic carbocycles. The third-order valence-corrected chi connectivity index (χ3v) is 7.27. The Morgan fingerprint density at radius 3 is 1.34 bits per heavy atom. The third-order valence-electron chi connectivity index (χ3n) is 5.14. The van der Waals surface area contributed by atoms with Crippen molar-refractivity contribution in [3.8, 4) is 33.8 Å². The first kappa shape index (κ1) is 22.5. The normalized spacial score (nSPS) is 11.4. The first-order chi connectivity index (χ1) is 15.7. The minimum absolute atomic E-state index is 0.410. The van der Waals surface area contributed by atoms with E-state index in [9.17, 15) is 0 Å². The Bertz CT molecular complexity index is 1050. The van der Waals surface area contributed by atoms with Crippen molar-refractivity contribution < 1.29 is 9.05 Å². The molecule has 0 heterocycles. The zero-order valence-electron chi connectivity index (χ0n) is 18.5. The fourth-order valence-electron chi connectivity index (χ4n) is 3.50. The summed E-state index contributed by atoms with van der Waals surface area (Å²) in [5, 5.41) is 0. The Morgan fingerprint density at radius 2 is 0.938 bits per heavy atom. The molecule has 2 unspecified atom stereocenters. The van der Waals surface area contributed by atoms with Crippen LogP contribution in [0, 0.1) is 13.8 Å². The van der Waals surface area contributed by atoms with Crippen molar-refractivity contribution in [3.05, 3.63) is 108 Å². The highest BCUT2D eigenvalue weighted by Crippen LogP contribution is 2.36. The zero-order chi connectivity index (χ0) is 22.2. The SMILES string of the molecule is Cc1ccc(-c2ccccc2)c(OPCCPOc2cc(C)ccc2-c2ccccc2)c1. The van der Waals surface area contributed by atoms with Crippen LogP contribution in [0.3, 0.4) is 0 Å². The lowest BCUT2D eigenvalue weighted by atomic mass is 10.0. The van der Waals surface area contributed by atoms with Crippen molar-refractivity contribution in [2.24, 2.45) is 0 Å². The van der Waals surface area contributed by atoms with Gasteiger partial charge in [-0.15, -0.1) is 0 Å². The van der Waals surface area contributed by atoms with Gasteiger partial charge in [0.25, 0.3) is 0 Å². The molecular formula is C28H28O2P2. The molecule has 162 valence electrons. The lowest BCUT2D eigenvalue weighted by Crippen LogP contribution is -1.92. The quantitative estimate of drug-likeness (QED) is 0.186. The molecule has 4 rings (SSSR count). The molecule has 32 heavy (non-hydrogen) atoms. The van der Waals surface area contributed by atoms with E-state index >= 15 is 0 Å². The van der Waals surface area contributed by atoms with Gasteiger partial charge in [-0.1, -0.05) is 84.9 Å². The summed E-state index contributed by atoms with van der Waals surface area (Å²) in [5.74, 6) is 1.92. The molecule has 0 spiro atoms. The second-order valence-electron chi connectivity index (χ2n) is 7.72. The molecule has 0 amide bonds. The van der Waals surface area contributed by atoms with E-state index in [1.165, 1.54) is 22.3 Å². The van der Waals surface area contributed by atoms with Gasteiger partial charge in [-0.2, -0.15) is 0 Å². The molecule has 4 aromatic rings. The topological polar surface area (TPSA) is 18.5 Å². The Morgan fingerprint density at radius 1 is 0.531 bits per heavy atom. The van der Waals surface area contributed by atoms with Gasteiger partial charge in [0.15, 0.2) is 0 Å². The summed E-state index contributed by atoms with van der Waals surface area (Å²) in [6, 6.07) is 33.7. The van der Waals surface area contributed by atoms with E-state index in [1.54, 1.807) is 0 Å². The molecule has 0 N–H and O–H groups in total. The molecule has 0 saturated heterocycles. The average Bonchev–Trinajstić information content (AvgIpc) is 2.82. The summed E-state index contributed by atoms with van der Waals surface area (Å²) >= 11 is 0. The fourth-order valence-corrected chi connectivity index (χ4v) is 5.17. The number of aryl methyl sites for hydroxylation is 2. The smallest absolute Gasteiger partial charge is 0.130 e. The number of benzene rings is 4. The maximum Gasteiger partial charge on any atom is 0.130 e. The van der Waals surface area contributed by atoms with E-state index in [2.05, 4.69) is 98.8 Å². The molecule has 0 aliphatic heterocycles. The maximum absolute atomic E-state index is 6.21. The van der Waals surface area contributed by atoms with Crippen LogP contribution in [0.4, 0.5) is 0 Å².